The molecule has 5 heteroatoms. The molecule has 2 amide bonds. The summed E-state index contributed by atoms with van der Waals surface area (Å²) in [4.78, 5) is 26.2. The van der Waals surface area contributed by atoms with Crippen molar-refractivity contribution in [2.75, 3.05) is 6.54 Å². The zero-order valence-corrected chi connectivity index (χ0v) is 7.70. The first-order valence-corrected chi connectivity index (χ1v) is 4.33. The number of H-pyrrole nitrogens is 1. The molecule has 74 valence electrons. The van der Waals surface area contributed by atoms with Crippen LogP contribution in [0.5, 0.6) is 0 Å². The number of carboxylic acid groups (broad SMARTS) is 1. The van der Waals surface area contributed by atoms with Crippen LogP contribution in [0.1, 0.15) is 21.7 Å². The molecule has 1 aromatic heterocycles. The standard InChI is InChI=1S/C9H10N2O3/c1-5-4-6-7(10-5)2-3-11(8(6)12)9(13)14/h4,10H,2-3H2,1H3,(H,13,14). The van der Waals surface area contributed by atoms with Gasteiger partial charge in [0.25, 0.3) is 5.91 Å². The number of hydrogen-bond acceptors (Lipinski definition) is 2. The molecule has 1 aliphatic heterocycles. The maximum atomic E-state index is 11.6. The molecule has 0 unspecified atom stereocenters. The van der Waals surface area contributed by atoms with Gasteiger partial charge in [-0.1, -0.05) is 0 Å². The van der Waals surface area contributed by atoms with Gasteiger partial charge in [-0.2, -0.15) is 0 Å². The molecule has 0 radical (unpaired) electrons. The number of carbonyl (C=O) groups excluding carboxylic acids is 1. The number of aromatic nitrogens is 1. The highest BCUT2D eigenvalue weighted by atomic mass is 16.4. The molecule has 2 N–H and O–H groups in total. The summed E-state index contributed by atoms with van der Waals surface area (Å²) < 4.78 is 0. The van der Waals surface area contributed by atoms with E-state index in [1.54, 1.807) is 6.07 Å². The maximum Gasteiger partial charge on any atom is 0.414 e. The second kappa shape index (κ2) is 2.87. The van der Waals surface area contributed by atoms with Gasteiger partial charge in [-0.3, -0.25) is 4.79 Å². The summed E-state index contributed by atoms with van der Waals surface area (Å²) in [5.41, 5.74) is 2.21. The Morgan fingerprint density at radius 3 is 3.00 bits per heavy atom. The number of aryl methyl sites for hydroxylation is 1. The van der Waals surface area contributed by atoms with Gasteiger partial charge in [-0.15, -0.1) is 0 Å². The predicted molar refractivity (Wildman–Crippen MR) is 48.3 cm³/mol. The smallest absolute Gasteiger partial charge is 0.414 e. The Morgan fingerprint density at radius 2 is 2.36 bits per heavy atom. The van der Waals surface area contributed by atoms with Crippen molar-refractivity contribution in [3.63, 3.8) is 0 Å². The Balaban J connectivity index is 2.40. The minimum absolute atomic E-state index is 0.237. The highest BCUT2D eigenvalue weighted by Crippen LogP contribution is 2.19. The third-order valence-corrected chi connectivity index (χ3v) is 2.33. The Hall–Kier alpha value is -1.78. The zero-order valence-electron chi connectivity index (χ0n) is 7.70. The molecule has 2 rings (SSSR count). The van der Waals surface area contributed by atoms with Crippen LogP contribution in [0.15, 0.2) is 6.07 Å². The van der Waals surface area contributed by atoms with E-state index in [1.165, 1.54) is 0 Å². The molecular weight excluding hydrogens is 184 g/mol. The van der Waals surface area contributed by atoms with Crippen molar-refractivity contribution < 1.29 is 14.7 Å². The highest BCUT2D eigenvalue weighted by Gasteiger charge is 2.29. The molecule has 0 aliphatic carbocycles. The summed E-state index contributed by atoms with van der Waals surface area (Å²) in [7, 11) is 0. The number of amides is 2. The van der Waals surface area contributed by atoms with Gasteiger partial charge in [0, 0.05) is 24.4 Å². The van der Waals surface area contributed by atoms with Gasteiger partial charge in [0.15, 0.2) is 0 Å². The van der Waals surface area contributed by atoms with E-state index in [0.29, 0.717) is 12.0 Å². The first-order chi connectivity index (χ1) is 6.59. The van der Waals surface area contributed by atoms with Crippen molar-refractivity contribution in [1.82, 2.24) is 9.88 Å². The van der Waals surface area contributed by atoms with Crippen LogP contribution in [0.3, 0.4) is 0 Å². The van der Waals surface area contributed by atoms with E-state index in [9.17, 15) is 9.59 Å². The number of nitrogens with zero attached hydrogens (tertiary/aromatic N) is 1. The second-order valence-electron chi connectivity index (χ2n) is 3.33. The molecule has 14 heavy (non-hydrogen) atoms. The van der Waals surface area contributed by atoms with Crippen molar-refractivity contribution in [2.45, 2.75) is 13.3 Å². The van der Waals surface area contributed by atoms with Crippen LogP contribution in [-0.4, -0.2) is 33.5 Å². The lowest BCUT2D eigenvalue weighted by Crippen LogP contribution is -2.40. The normalized spacial score (nSPS) is 15.5. The van der Waals surface area contributed by atoms with Crippen LogP contribution < -0.4 is 0 Å². The SMILES string of the molecule is Cc1cc2c([nH]1)CCN(C(=O)O)C2=O. The summed E-state index contributed by atoms with van der Waals surface area (Å²) in [6.45, 7) is 2.08. The summed E-state index contributed by atoms with van der Waals surface area (Å²) >= 11 is 0. The van der Waals surface area contributed by atoms with Crippen molar-refractivity contribution in [3.8, 4) is 0 Å². The number of aromatic amines is 1. The first kappa shape index (κ1) is 8.80. The van der Waals surface area contributed by atoms with Crippen molar-refractivity contribution in [3.05, 3.63) is 23.0 Å². The predicted octanol–water partition coefficient (Wildman–Crippen LogP) is 0.999. The number of imide groups is 1. The van der Waals surface area contributed by atoms with Gasteiger partial charge in [-0.05, 0) is 13.0 Å². The molecule has 1 aromatic rings. The lowest BCUT2D eigenvalue weighted by molar-refractivity contribution is 0.0727. The van der Waals surface area contributed by atoms with Crippen molar-refractivity contribution in [2.24, 2.45) is 0 Å². The van der Waals surface area contributed by atoms with Crippen LogP contribution in [0, 0.1) is 6.92 Å². The first-order valence-electron chi connectivity index (χ1n) is 4.33. The molecule has 0 aromatic carbocycles. The van der Waals surface area contributed by atoms with Gasteiger partial charge in [0.2, 0.25) is 0 Å². The number of nitrogens with one attached hydrogen (secondary N) is 1. The minimum atomic E-state index is -1.18. The van der Waals surface area contributed by atoms with Crippen LogP contribution in [0.4, 0.5) is 4.79 Å². The fraction of sp³-hybridized carbons (Fsp3) is 0.333. The van der Waals surface area contributed by atoms with E-state index < -0.39 is 12.0 Å². The topological polar surface area (TPSA) is 73.4 Å². The summed E-state index contributed by atoms with van der Waals surface area (Å²) in [5.74, 6) is -0.428. The molecule has 2 heterocycles. The Kier molecular flexibility index (Phi) is 1.80. The number of hydrogen-bond donors (Lipinski definition) is 2. The second-order valence-corrected chi connectivity index (χ2v) is 3.33. The number of carbonyl (C=O) groups is 2. The minimum Gasteiger partial charge on any atom is -0.465 e. The third kappa shape index (κ3) is 1.17. The van der Waals surface area contributed by atoms with Crippen LogP contribution in [-0.2, 0) is 6.42 Å². The molecule has 1 aliphatic rings. The van der Waals surface area contributed by atoms with Crippen LogP contribution >= 0.6 is 0 Å². The number of fused-ring (bicyclic) bond motifs is 1. The molecule has 0 saturated carbocycles. The van der Waals surface area contributed by atoms with Gasteiger partial charge in [0.05, 0.1) is 5.56 Å². The van der Waals surface area contributed by atoms with Gasteiger partial charge >= 0.3 is 6.09 Å². The van der Waals surface area contributed by atoms with E-state index in [4.69, 9.17) is 5.11 Å². The van der Waals surface area contributed by atoms with E-state index >= 15 is 0 Å². The highest BCUT2D eigenvalue weighted by molar-refractivity contribution is 6.04. The lowest BCUT2D eigenvalue weighted by Gasteiger charge is -2.21. The summed E-state index contributed by atoms with van der Waals surface area (Å²) in [5, 5.41) is 8.74. The van der Waals surface area contributed by atoms with Gasteiger partial charge < -0.3 is 10.1 Å². The monoisotopic (exact) mass is 194 g/mol. The van der Waals surface area contributed by atoms with E-state index in [1.807, 2.05) is 6.92 Å². The quantitative estimate of drug-likeness (QED) is 0.647. The Bertz CT molecular complexity index is 408. The lowest BCUT2D eigenvalue weighted by atomic mass is 10.1. The van der Waals surface area contributed by atoms with E-state index in [2.05, 4.69) is 4.98 Å². The molecule has 5 nitrogen and oxygen atoms in total. The van der Waals surface area contributed by atoms with Gasteiger partial charge in [-0.25, -0.2) is 9.69 Å². The van der Waals surface area contributed by atoms with Crippen molar-refractivity contribution in [1.29, 1.82) is 0 Å². The maximum absolute atomic E-state index is 11.6. The largest absolute Gasteiger partial charge is 0.465 e. The Morgan fingerprint density at radius 1 is 1.64 bits per heavy atom. The third-order valence-electron chi connectivity index (χ3n) is 2.33. The average Bonchev–Trinajstić information content (AvgIpc) is 2.46. The molecule has 0 spiro atoms. The molecule has 0 atom stereocenters. The molecular formula is C9H10N2O3. The van der Waals surface area contributed by atoms with Crippen LogP contribution in [0.2, 0.25) is 0 Å². The summed E-state index contributed by atoms with van der Waals surface area (Å²) in [6.07, 6.45) is -0.610. The number of rotatable bonds is 0. The fourth-order valence-corrected chi connectivity index (χ4v) is 1.69. The van der Waals surface area contributed by atoms with E-state index in [-0.39, 0.29) is 6.54 Å². The van der Waals surface area contributed by atoms with Crippen LogP contribution in [0.25, 0.3) is 0 Å². The van der Waals surface area contributed by atoms with Gasteiger partial charge in [0.1, 0.15) is 0 Å². The van der Waals surface area contributed by atoms with E-state index in [0.717, 1.165) is 16.3 Å². The molecule has 0 bridgehead atoms. The molecule has 0 fully saturated rings. The van der Waals surface area contributed by atoms with Crippen molar-refractivity contribution >= 4 is 12.0 Å². The zero-order chi connectivity index (χ0) is 10.3. The Labute approximate surface area is 80.3 Å². The molecule has 0 saturated heterocycles. The summed E-state index contributed by atoms with van der Waals surface area (Å²) in [6, 6.07) is 1.69. The average molecular weight is 194 g/mol. The fourth-order valence-electron chi connectivity index (χ4n) is 1.69.